The third kappa shape index (κ3) is 2.78. The van der Waals surface area contributed by atoms with Gasteiger partial charge in [-0.1, -0.05) is 28.9 Å². The van der Waals surface area contributed by atoms with E-state index in [1.54, 1.807) is 18.3 Å². The smallest absolute Gasteiger partial charge is 0.231 e. The third-order valence-corrected chi connectivity index (χ3v) is 2.98. The summed E-state index contributed by atoms with van der Waals surface area (Å²) >= 11 is 5.79. The van der Waals surface area contributed by atoms with E-state index in [4.69, 9.17) is 21.9 Å². The average molecular weight is 287 g/mol. The van der Waals surface area contributed by atoms with Crippen LogP contribution >= 0.6 is 11.6 Å². The first-order valence-corrected chi connectivity index (χ1v) is 6.37. The van der Waals surface area contributed by atoms with Crippen molar-refractivity contribution in [3.8, 4) is 11.5 Å². The summed E-state index contributed by atoms with van der Waals surface area (Å²) < 4.78 is 5.22. The molecule has 0 atom stereocenters. The van der Waals surface area contributed by atoms with Gasteiger partial charge in [-0.05, 0) is 29.8 Å². The van der Waals surface area contributed by atoms with Crippen LogP contribution < -0.4 is 5.73 Å². The van der Waals surface area contributed by atoms with Crippen LogP contribution in [0.15, 0.2) is 47.1 Å². The van der Waals surface area contributed by atoms with Crippen LogP contribution in [0.5, 0.6) is 0 Å². The first kappa shape index (κ1) is 12.6. The maximum atomic E-state index is 5.79. The van der Waals surface area contributed by atoms with Crippen LogP contribution in [0.25, 0.3) is 11.5 Å². The van der Waals surface area contributed by atoms with Crippen LogP contribution in [-0.2, 0) is 6.42 Å². The van der Waals surface area contributed by atoms with Crippen molar-refractivity contribution in [3.05, 3.63) is 59.1 Å². The Kier molecular flexibility index (Phi) is 3.35. The van der Waals surface area contributed by atoms with Crippen molar-refractivity contribution in [1.29, 1.82) is 0 Å². The van der Waals surface area contributed by atoms with Gasteiger partial charge in [-0.25, -0.2) is 0 Å². The molecule has 100 valence electrons. The predicted octanol–water partition coefficient (Wildman–Crippen LogP) is 2.96. The van der Waals surface area contributed by atoms with Crippen molar-refractivity contribution in [3.63, 3.8) is 0 Å². The van der Waals surface area contributed by atoms with Crippen molar-refractivity contribution < 1.29 is 4.52 Å². The number of nitrogens with two attached hydrogens (primary N) is 1. The molecular formula is C14H11ClN4O. The molecule has 2 N–H and O–H groups in total. The number of pyridine rings is 1. The topological polar surface area (TPSA) is 77.8 Å². The van der Waals surface area contributed by atoms with Crippen LogP contribution in [0.4, 0.5) is 5.69 Å². The molecule has 5 nitrogen and oxygen atoms in total. The predicted molar refractivity (Wildman–Crippen MR) is 76.2 cm³/mol. The van der Waals surface area contributed by atoms with Gasteiger partial charge in [0.05, 0.1) is 11.4 Å². The molecule has 0 aliphatic rings. The maximum Gasteiger partial charge on any atom is 0.231 e. The molecule has 0 amide bonds. The van der Waals surface area contributed by atoms with E-state index in [0.717, 1.165) is 11.3 Å². The maximum absolute atomic E-state index is 5.79. The number of nitrogens with zero attached hydrogens (tertiary/aromatic N) is 3. The highest BCUT2D eigenvalue weighted by Gasteiger charge is 2.10. The molecule has 0 fully saturated rings. The molecule has 3 rings (SSSR count). The molecule has 0 spiro atoms. The van der Waals surface area contributed by atoms with Gasteiger partial charge in [-0.15, -0.1) is 0 Å². The molecule has 2 aromatic heterocycles. The first-order valence-electron chi connectivity index (χ1n) is 5.99. The quantitative estimate of drug-likeness (QED) is 0.749. The Balaban J connectivity index is 1.80. The molecule has 1 aromatic carbocycles. The van der Waals surface area contributed by atoms with Gasteiger partial charge >= 0.3 is 0 Å². The Bertz CT molecular complexity index is 707. The first-order chi connectivity index (χ1) is 9.70. The van der Waals surface area contributed by atoms with Crippen molar-refractivity contribution in [1.82, 2.24) is 15.1 Å². The van der Waals surface area contributed by atoms with Crippen LogP contribution in [0, 0.1) is 0 Å². The number of benzene rings is 1. The molecule has 0 aliphatic carbocycles. The zero-order valence-corrected chi connectivity index (χ0v) is 11.2. The van der Waals surface area contributed by atoms with Gasteiger partial charge in [-0.3, -0.25) is 4.98 Å². The van der Waals surface area contributed by atoms with E-state index in [2.05, 4.69) is 15.1 Å². The largest absolute Gasteiger partial charge is 0.399 e. The standard InChI is InChI=1S/C14H11ClN4O/c15-10-3-6-12(17-8-10)14-18-13(20-19-14)7-9-1-4-11(16)5-2-9/h1-6,8H,7,16H2. The molecule has 0 saturated heterocycles. The average Bonchev–Trinajstić information content (AvgIpc) is 2.91. The molecule has 0 aliphatic heterocycles. The van der Waals surface area contributed by atoms with E-state index in [1.807, 2.05) is 24.3 Å². The number of nitrogen functional groups attached to an aromatic ring is 1. The van der Waals surface area contributed by atoms with Crippen LogP contribution in [0.2, 0.25) is 5.02 Å². The summed E-state index contributed by atoms with van der Waals surface area (Å²) in [6.45, 7) is 0. The monoisotopic (exact) mass is 286 g/mol. The molecule has 0 saturated carbocycles. The van der Waals surface area contributed by atoms with Crippen molar-refractivity contribution >= 4 is 17.3 Å². The third-order valence-electron chi connectivity index (χ3n) is 2.76. The van der Waals surface area contributed by atoms with Crippen LogP contribution in [0.1, 0.15) is 11.5 Å². The van der Waals surface area contributed by atoms with Crippen molar-refractivity contribution in [2.45, 2.75) is 6.42 Å². The fraction of sp³-hybridized carbons (Fsp3) is 0.0714. The van der Waals surface area contributed by atoms with Gasteiger partial charge in [0.25, 0.3) is 0 Å². The SMILES string of the molecule is Nc1ccc(Cc2nc(-c3ccc(Cl)cn3)no2)cc1. The highest BCUT2D eigenvalue weighted by Crippen LogP contribution is 2.17. The van der Waals surface area contributed by atoms with Gasteiger partial charge < -0.3 is 10.3 Å². The highest BCUT2D eigenvalue weighted by molar-refractivity contribution is 6.30. The molecule has 0 bridgehead atoms. The molecule has 6 heteroatoms. The zero-order valence-electron chi connectivity index (χ0n) is 10.5. The Hall–Kier alpha value is -2.40. The van der Waals surface area contributed by atoms with Crippen LogP contribution in [0.3, 0.4) is 0 Å². The number of anilines is 1. The lowest BCUT2D eigenvalue weighted by molar-refractivity contribution is 0.385. The fourth-order valence-electron chi connectivity index (χ4n) is 1.75. The van der Waals surface area contributed by atoms with Gasteiger partial charge in [0.2, 0.25) is 11.7 Å². The van der Waals surface area contributed by atoms with Crippen molar-refractivity contribution in [2.24, 2.45) is 0 Å². The minimum atomic E-state index is 0.451. The van der Waals surface area contributed by atoms with E-state index in [9.17, 15) is 0 Å². The number of rotatable bonds is 3. The lowest BCUT2D eigenvalue weighted by Crippen LogP contribution is -1.90. The minimum absolute atomic E-state index is 0.451. The second kappa shape index (κ2) is 5.30. The van der Waals surface area contributed by atoms with Gasteiger partial charge in [-0.2, -0.15) is 4.98 Å². The van der Waals surface area contributed by atoms with Crippen LogP contribution in [-0.4, -0.2) is 15.1 Å². The molecule has 20 heavy (non-hydrogen) atoms. The Morgan fingerprint density at radius 3 is 2.60 bits per heavy atom. The van der Waals surface area contributed by atoms with E-state index in [0.29, 0.717) is 28.9 Å². The van der Waals surface area contributed by atoms with Gasteiger partial charge in [0.1, 0.15) is 5.69 Å². The minimum Gasteiger partial charge on any atom is -0.399 e. The lowest BCUT2D eigenvalue weighted by Gasteiger charge is -1.97. The number of aromatic nitrogens is 3. The second-order valence-electron chi connectivity index (χ2n) is 4.29. The van der Waals surface area contributed by atoms with E-state index in [1.165, 1.54) is 0 Å². The number of halogens is 1. The zero-order chi connectivity index (χ0) is 13.9. The van der Waals surface area contributed by atoms with E-state index >= 15 is 0 Å². The summed E-state index contributed by atoms with van der Waals surface area (Å²) in [7, 11) is 0. The number of hydrogen-bond acceptors (Lipinski definition) is 5. The molecule has 3 aromatic rings. The highest BCUT2D eigenvalue weighted by atomic mass is 35.5. The normalized spacial score (nSPS) is 10.7. The Morgan fingerprint density at radius 2 is 1.90 bits per heavy atom. The Morgan fingerprint density at radius 1 is 1.10 bits per heavy atom. The second-order valence-corrected chi connectivity index (χ2v) is 4.73. The summed E-state index contributed by atoms with van der Waals surface area (Å²) in [6.07, 6.45) is 2.10. The Labute approximate surface area is 120 Å². The summed E-state index contributed by atoms with van der Waals surface area (Å²) in [5.74, 6) is 0.980. The van der Waals surface area contributed by atoms with E-state index in [-0.39, 0.29) is 0 Å². The molecule has 0 radical (unpaired) electrons. The molecular weight excluding hydrogens is 276 g/mol. The summed E-state index contributed by atoms with van der Waals surface area (Å²) in [4.78, 5) is 8.46. The number of hydrogen-bond donors (Lipinski definition) is 1. The summed E-state index contributed by atoms with van der Waals surface area (Å²) in [5, 5.41) is 4.48. The lowest BCUT2D eigenvalue weighted by atomic mass is 10.1. The molecule has 2 heterocycles. The molecule has 0 unspecified atom stereocenters. The van der Waals surface area contributed by atoms with Gasteiger partial charge in [0.15, 0.2) is 0 Å². The van der Waals surface area contributed by atoms with Gasteiger partial charge in [0, 0.05) is 11.9 Å². The summed E-state index contributed by atoms with van der Waals surface area (Å²) in [5.41, 5.74) is 8.05. The summed E-state index contributed by atoms with van der Waals surface area (Å²) in [6, 6.07) is 11.0. The van der Waals surface area contributed by atoms with E-state index < -0.39 is 0 Å². The fourth-order valence-corrected chi connectivity index (χ4v) is 1.86. The van der Waals surface area contributed by atoms with Crippen molar-refractivity contribution in [2.75, 3.05) is 5.73 Å².